The third kappa shape index (κ3) is 5.81. The van der Waals surface area contributed by atoms with Crippen LogP contribution >= 0.6 is 8.07 Å². The number of hydrogen-bond acceptors (Lipinski definition) is 4. The summed E-state index contributed by atoms with van der Waals surface area (Å²) in [6.45, 7) is 17.0. The van der Waals surface area contributed by atoms with Gasteiger partial charge in [-0.25, -0.2) is 4.98 Å². The average Bonchev–Trinajstić information content (AvgIpc) is 3.61. The first-order chi connectivity index (χ1) is 17.3. The average molecular weight is 500 g/mol. The molecule has 2 N–H and O–H groups in total. The summed E-state index contributed by atoms with van der Waals surface area (Å²) < 4.78 is 4.30. The lowest BCUT2D eigenvalue weighted by atomic mass is 9.96. The van der Waals surface area contributed by atoms with Gasteiger partial charge in [0.1, 0.15) is 5.65 Å². The summed E-state index contributed by atoms with van der Waals surface area (Å²) in [5, 5.41) is 12.5. The molecule has 1 saturated carbocycles. The molecule has 6 heteroatoms. The summed E-state index contributed by atoms with van der Waals surface area (Å²) in [4.78, 5) is 4.86. The predicted molar refractivity (Wildman–Crippen MR) is 155 cm³/mol. The number of nitrogens with zero attached hydrogens (tertiary/aromatic N) is 3. The van der Waals surface area contributed by atoms with Gasteiger partial charge in [-0.2, -0.15) is 0 Å². The third-order valence-electron chi connectivity index (χ3n) is 7.04. The number of pyridine rings is 1. The second-order valence-electron chi connectivity index (χ2n) is 9.91. The largest absolute Gasteiger partial charge is 0.379 e. The van der Waals surface area contributed by atoms with Gasteiger partial charge in [0.25, 0.3) is 0 Å². The number of aryl methyl sites for hydroxylation is 2. The second-order valence-corrected chi connectivity index (χ2v) is 12.1. The minimum absolute atomic E-state index is 0.114. The van der Waals surface area contributed by atoms with E-state index >= 15 is 0 Å². The number of rotatable bonds is 12. The molecule has 1 aliphatic carbocycles. The van der Waals surface area contributed by atoms with Crippen molar-refractivity contribution in [3.8, 4) is 0 Å². The molecule has 3 aromatic rings. The zero-order chi connectivity index (χ0) is 25.8. The molecule has 1 fully saturated rings. The van der Waals surface area contributed by atoms with Crippen molar-refractivity contribution in [3.63, 3.8) is 0 Å². The molecule has 2 heterocycles. The first kappa shape index (κ1) is 25.9. The number of fused-ring (bicyclic) bond motifs is 1. The maximum atomic E-state index is 8.93. The van der Waals surface area contributed by atoms with E-state index < -0.39 is 8.07 Å². The van der Waals surface area contributed by atoms with Crippen molar-refractivity contribution in [1.29, 1.82) is 5.41 Å². The molecular weight excluding hydrogens is 461 g/mol. The molecule has 0 radical (unpaired) electrons. The Balaban J connectivity index is 1.52. The summed E-state index contributed by atoms with van der Waals surface area (Å²) in [5.74, 6) is 0.938. The van der Waals surface area contributed by atoms with Crippen LogP contribution in [-0.4, -0.2) is 39.1 Å². The molecule has 36 heavy (non-hydrogen) atoms. The topological polar surface area (TPSA) is 56.4 Å². The lowest BCUT2D eigenvalue weighted by molar-refractivity contribution is 0.569. The van der Waals surface area contributed by atoms with Crippen LogP contribution in [-0.2, 0) is 13.0 Å². The Hall–Kier alpha value is -3.13. The Kier molecular flexibility index (Phi) is 8.14. The van der Waals surface area contributed by atoms with Crippen molar-refractivity contribution in [3.05, 3.63) is 90.2 Å². The molecule has 0 spiro atoms. The Labute approximate surface area is 217 Å². The number of imidazole rings is 1. The van der Waals surface area contributed by atoms with E-state index in [1.54, 1.807) is 0 Å². The van der Waals surface area contributed by atoms with Crippen LogP contribution in [0.1, 0.15) is 48.6 Å². The first-order valence-electron chi connectivity index (χ1n) is 12.7. The van der Waals surface area contributed by atoms with E-state index in [-0.39, 0.29) is 6.04 Å². The summed E-state index contributed by atoms with van der Waals surface area (Å²) in [5.41, 5.74) is 10.8. The molecule has 2 aromatic heterocycles. The smallest absolute Gasteiger partial charge is 0.137 e. The third-order valence-corrected chi connectivity index (χ3v) is 8.48. The van der Waals surface area contributed by atoms with Gasteiger partial charge in [0.15, 0.2) is 0 Å². The SMILES string of the molecule is C=C=C(C(=N)C(C)N(C=C)P(C)C)c1ccccc1NCc1cn2cc(CCC3CC3)c(C)cc2n1. The van der Waals surface area contributed by atoms with Gasteiger partial charge in [0, 0.05) is 29.2 Å². The maximum absolute atomic E-state index is 8.93. The number of para-hydroxylation sites is 1. The van der Waals surface area contributed by atoms with E-state index in [4.69, 9.17) is 10.4 Å². The zero-order valence-corrected chi connectivity index (χ0v) is 22.9. The Morgan fingerprint density at radius 1 is 1.33 bits per heavy atom. The van der Waals surface area contributed by atoms with E-state index in [2.05, 4.69) is 72.0 Å². The summed E-state index contributed by atoms with van der Waals surface area (Å²) in [6, 6.07) is 10.1. The molecule has 0 saturated heterocycles. The van der Waals surface area contributed by atoms with Gasteiger partial charge in [-0.3, -0.25) is 0 Å². The fourth-order valence-electron chi connectivity index (χ4n) is 4.73. The van der Waals surface area contributed by atoms with Crippen LogP contribution in [0.5, 0.6) is 0 Å². The fourth-order valence-corrected chi connectivity index (χ4v) is 5.86. The molecule has 5 nitrogen and oxygen atoms in total. The van der Waals surface area contributed by atoms with Crippen LogP contribution in [0.2, 0.25) is 0 Å². The molecule has 188 valence electrons. The van der Waals surface area contributed by atoms with Gasteiger partial charge in [0.05, 0.1) is 24.0 Å². The van der Waals surface area contributed by atoms with Crippen molar-refractivity contribution in [2.45, 2.75) is 52.1 Å². The number of benzene rings is 1. The molecule has 0 aliphatic heterocycles. The Bertz CT molecular complexity index is 1310. The Morgan fingerprint density at radius 3 is 2.75 bits per heavy atom. The van der Waals surface area contributed by atoms with Gasteiger partial charge in [-0.05, 0) is 83.5 Å². The van der Waals surface area contributed by atoms with E-state index in [1.807, 2.05) is 37.4 Å². The number of hydrogen-bond donors (Lipinski definition) is 2. The lowest BCUT2D eigenvalue weighted by Crippen LogP contribution is -2.31. The molecule has 0 bridgehead atoms. The number of aromatic nitrogens is 2. The Morgan fingerprint density at radius 2 is 2.08 bits per heavy atom. The van der Waals surface area contributed by atoms with Crippen molar-refractivity contribution >= 4 is 30.7 Å². The monoisotopic (exact) mass is 499 g/mol. The van der Waals surface area contributed by atoms with Crippen molar-refractivity contribution < 1.29 is 0 Å². The highest BCUT2D eigenvalue weighted by Crippen LogP contribution is 2.36. The number of anilines is 1. The molecule has 1 atom stereocenters. The predicted octanol–water partition coefficient (Wildman–Crippen LogP) is 7.28. The van der Waals surface area contributed by atoms with E-state index in [1.165, 1.54) is 30.4 Å². The minimum atomic E-state index is -0.411. The van der Waals surface area contributed by atoms with Crippen molar-refractivity contribution in [2.75, 3.05) is 18.6 Å². The molecule has 4 rings (SSSR count). The van der Waals surface area contributed by atoms with Gasteiger partial charge in [0.2, 0.25) is 0 Å². The van der Waals surface area contributed by atoms with Crippen LogP contribution in [0.15, 0.2) is 67.8 Å². The van der Waals surface area contributed by atoms with Gasteiger partial charge in [-0.1, -0.05) is 44.2 Å². The van der Waals surface area contributed by atoms with Crippen LogP contribution < -0.4 is 5.32 Å². The first-order valence-corrected chi connectivity index (χ1v) is 14.9. The van der Waals surface area contributed by atoms with Crippen LogP contribution in [0.25, 0.3) is 11.2 Å². The standard InChI is InChI=1S/C30H38N5P/c1-7-26(30(31)22(4)35(8-2)36(5)6)27-11-9-10-12-28(27)32-18-25-20-34-19-24(16-15-23-13-14-23)21(3)17-29(34)33-25/h8-12,17,19-20,22-23,31-32H,1-2,13-16,18H2,3-6H3. The molecule has 0 amide bonds. The summed E-state index contributed by atoms with van der Waals surface area (Å²) in [7, 11) is -0.411. The fraction of sp³-hybridized carbons (Fsp3) is 0.367. The lowest BCUT2D eigenvalue weighted by Gasteiger charge is -2.32. The highest BCUT2D eigenvalue weighted by molar-refractivity contribution is 7.53. The van der Waals surface area contributed by atoms with E-state index in [0.717, 1.165) is 34.9 Å². The quantitative estimate of drug-likeness (QED) is 0.156. The number of nitrogens with one attached hydrogen (secondary N) is 2. The van der Waals surface area contributed by atoms with Gasteiger partial charge in [-0.15, -0.1) is 5.73 Å². The van der Waals surface area contributed by atoms with E-state index in [0.29, 0.717) is 17.8 Å². The zero-order valence-electron chi connectivity index (χ0n) is 22.0. The van der Waals surface area contributed by atoms with E-state index in [9.17, 15) is 0 Å². The minimum Gasteiger partial charge on any atom is -0.379 e. The maximum Gasteiger partial charge on any atom is 0.137 e. The van der Waals surface area contributed by atoms with Gasteiger partial charge >= 0.3 is 0 Å². The summed E-state index contributed by atoms with van der Waals surface area (Å²) in [6.07, 6.45) is 11.4. The van der Waals surface area contributed by atoms with Crippen LogP contribution in [0.4, 0.5) is 5.69 Å². The highest BCUT2D eigenvalue weighted by atomic mass is 31.1. The van der Waals surface area contributed by atoms with Gasteiger partial charge < -0.3 is 19.8 Å². The normalized spacial score (nSPS) is 13.9. The molecular formula is C30H38N5P. The second kappa shape index (κ2) is 11.3. The van der Waals surface area contributed by atoms with Crippen molar-refractivity contribution in [1.82, 2.24) is 14.1 Å². The van der Waals surface area contributed by atoms with Crippen LogP contribution in [0.3, 0.4) is 0 Å². The highest BCUT2D eigenvalue weighted by Gasteiger charge is 2.23. The molecule has 1 aliphatic rings. The van der Waals surface area contributed by atoms with Crippen LogP contribution in [0, 0.1) is 18.3 Å². The molecule has 1 unspecified atom stereocenters. The van der Waals surface area contributed by atoms with Crippen molar-refractivity contribution in [2.24, 2.45) is 5.92 Å². The molecule has 1 aromatic carbocycles. The summed E-state index contributed by atoms with van der Waals surface area (Å²) >= 11 is 0.